The molecule has 0 amide bonds. The van der Waals surface area contributed by atoms with E-state index in [1.807, 2.05) is 19.1 Å². The Morgan fingerprint density at radius 1 is 1.09 bits per heavy atom. The van der Waals surface area contributed by atoms with Crippen LogP contribution in [0.2, 0.25) is 5.02 Å². The average Bonchev–Trinajstić information content (AvgIpc) is 2.80. The molecule has 0 atom stereocenters. The van der Waals surface area contributed by atoms with Crippen LogP contribution < -0.4 is 10.3 Å². The summed E-state index contributed by atoms with van der Waals surface area (Å²) in [4.78, 5) is 16.9. The van der Waals surface area contributed by atoms with Crippen molar-refractivity contribution in [2.75, 3.05) is 0 Å². The Labute approximate surface area is 194 Å². The Balaban J connectivity index is 1.92. The number of fused-ring (bicyclic) bond motifs is 1. The van der Waals surface area contributed by atoms with Gasteiger partial charge in [-0.1, -0.05) is 35.4 Å². The second-order valence-corrected chi connectivity index (χ2v) is 9.41. The van der Waals surface area contributed by atoms with Crippen LogP contribution in [0.4, 0.5) is 0 Å². The molecule has 0 fully saturated rings. The molecule has 2 aromatic carbocycles. The summed E-state index contributed by atoms with van der Waals surface area (Å²) >= 11 is 5.85. The highest BCUT2D eigenvalue weighted by Gasteiger charge is 2.23. The summed E-state index contributed by atoms with van der Waals surface area (Å²) in [7, 11) is -4.22. The number of aryl methyl sites for hydroxylation is 1. The third kappa shape index (κ3) is 4.51. The van der Waals surface area contributed by atoms with Gasteiger partial charge in [0.1, 0.15) is 27.9 Å². The summed E-state index contributed by atoms with van der Waals surface area (Å²) in [5, 5.41) is 10.0. The number of sulfone groups is 1. The summed E-state index contributed by atoms with van der Waals surface area (Å²) in [6, 6.07) is 19.1. The molecule has 33 heavy (non-hydrogen) atoms. The van der Waals surface area contributed by atoms with Gasteiger partial charge in [0, 0.05) is 11.2 Å². The number of rotatable bonds is 5. The summed E-state index contributed by atoms with van der Waals surface area (Å²) in [6.45, 7) is 1.92. The lowest BCUT2D eigenvalue weighted by atomic mass is 10.2. The molecular weight excluding hydrogens is 462 g/mol. The smallest absolute Gasteiger partial charge is 0.269 e. The van der Waals surface area contributed by atoms with Crippen LogP contribution in [-0.2, 0) is 9.84 Å². The first-order valence-electron chi connectivity index (χ1n) is 9.68. The number of allylic oxidation sites excluding steroid dienone is 1. The Morgan fingerprint density at radius 2 is 1.79 bits per heavy atom. The van der Waals surface area contributed by atoms with Gasteiger partial charge < -0.3 is 4.74 Å². The van der Waals surface area contributed by atoms with Crippen LogP contribution in [0.3, 0.4) is 0 Å². The van der Waals surface area contributed by atoms with E-state index in [1.165, 1.54) is 34.9 Å². The van der Waals surface area contributed by atoms with Gasteiger partial charge in [0.05, 0.1) is 4.90 Å². The van der Waals surface area contributed by atoms with Crippen molar-refractivity contribution in [1.29, 1.82) is 5.26 Å². The highest BCUT2D eigenvalue weighted by Crippen LogP contribution is 2.27. The van der Waals surface area contributed by atoms with Gasteiger partial charge in [-0.05, 0) is 61.5 Å². The van der Waals surface area contributed by atoms with Crippen LogP contribution in [0, 0.1) is 18.3 Å². The number of nitriles is 1. The van der Waals surface area contributed by atoms with Gasteiger partial charge in [0.25, 0.3) is 5.56 Å². The lowest BCUT2D eigenvalue weighted by molar-refractivity contribution is 0.461. The van der Waals surface area contributed by atoms with Crippen molar-refractivity contribution in [3.05, 3.63) is 104 Å². The van der Waals surface area contributed by atoms with Gasteiger partial charge in [-0.15, -0.1) is 0 Å². The third-order valence-corrected chi connectivity index (χ3v) is 6.70. The maximum absolute atomic E-state index is 13.2. The average molecular weight is 478 g/mol. The Hall–Kier alpha value is -3.93. The number of hydrogen-bond acceptors (Lipinski definition) is 6. The van der Waals surface area contributed by atoms with Crippen LogP contribution in [0.1, 0.15) is 11.1 Å². The van der Waals surface area contributed by atoms with Crippen LogP contribution >= 0.6 is 11.6 Å². The van der Waals surface area contributed by atoms with Crippen LogP contribution in [0.15, 0.2) is 87.5 Å². The monoisotopic (exact) mass is 477 g/mol. The molecule has 0 aliphatic rings. The number of halogens is 1. The number of aromatic nitrogens is 2. The van der Waals surface area contributed by atoms with Gasteiger partial charge in [0.2, 0.25) is 15.7 Å². The van der Waals surface area contributed by atoms with Crippen LogP contribution in [-0.4, -0.2) is 17.8 Å². The predicted molar refractivity (Wildman–Crippen MR) is 125 cm³/mol. The molecular formula is C24H16ClN3O4S. The van der Waals surface area contributed by atoms with Crippen molar-refractivity contribution in [3.8, 4) is 17.7 Å². The van der Waals surface area contributed by atoms with Gasteiger partial charge in [0.15, 0.2) is 0 Å². The van der Waals surface area contributed by atoms with Gasteiger partial charge in [-0.25, -0.2) is 8.42 Å². The van der Waals surface area contributed by atoms with E-state index >= 15 is 0 Å². The Kier molecular flexibility index (Phi) is 6.01. The van der Waals surface area contributed by atoms with Crippen molar-refractivity contribution in [2.24, 2.45) is 0 Å². The van der Waals surface area contributed by atoms with E-state index in [-0.39, 0.29) is 16.3 Å². The first kappa shape index (κ1) is 22.3. The largest absolute Gasteiger partial charge is 0.438 e. The van der Waals surface area contributed by atoms with Crippen molar-refractivity contribution < 1.29 is 13.2 Å². The lowest BCUT2D eigenvalue weighted by Gasteiger charge is -2.11. The molecule has 0 aliphatic heterocycles. The number of benzene rings is 2. The number of ether oxygens (including phenoxy) is 1. The summed E-state index contributed by atoms with van der Waals surface area (Å²) in [5.74, 6) is 0.288. The van der Waals surface area contributed by atoms with E-state index < -0.39 is 20.3 Å². The molecule has 0 spiro atoms. The minimum absolute atomic E-state index is 0.117. The van der Waals surface area contributed by atoms with E-state index in [2.05, 4.69) is 4.98 Å². The van der Waals surface area contributed by atoms with E-state index in [4.69, 9.17) is 16.3 Å². The van der Waals surface area contributed by atoms with Crippen LogP contribution in [0.25, 0.3) is 11.7 Å². The molecule has 0 saturated carbocycles. The Morgan fingerprint density at radius 3 is 2.45 bits per heavy atom. The maximum Gasteiger partial charge on any atom is 0.269 e. The minimum atomic E-state index is -4.22. The maximum atomic E-state index is 13.2. The molecule has 7 nitrogen and oxygen atoms in total. The van der Waals surface area contributed by atoms with Gasteiger partial charge in [-0.2, -0.15) is 10.2 Å². The normalized spacial score (nSPS) is 11.8. The van der Waals surface area contributed by atoms with E-state index in [0.717, 1.165) is 11.6 Å². The lowest BCUT2D eigenvalue weighted by Crippen LogP contribution is -2.19. The zero-order valence-electron chi connectivity index (χ0n) is 17.3. The second kappa shape index (κ2) is 8.90. The summed E-state index contributed by atoms with van der Waals surface area (Å²) in [6.07, 6.45) is 2.49. The number of nitrogens with zero attached hydrogens (tertiary/aromatic N) is 3. The fraction of sp³-hybridized carbons (Fsp3) is 0.0417. The molecule has 0 aliphatic carbocycles. The molecule has 9 heteroatoms. The quantitative estimate of drug-likeness (QED) is 0.383. The molecule has 0 unspecified atom stereocenters. The van der Waals surface area contributed by atoms with Gasteiger partial charge in [-0.3, -0.25) is 9.20 Å². The van der Waals surface area contributed by atoms with Crippen molar-refractivity contribution in [1.82, 2.24) is 9.38 Å². The fourth-order valence-corrected chi connectivity index (χ4v) is 4.31. The molecule has 4 aromatic rings. The first-order valence-corrected chi connectivity index (χ1v) is 11.5. The van der Waals surface area contributed by atoms with Crippen molar-refractivity contribution in [2.45, 2.75) is 11.8 Å². The summed E-state index contributed by atoms with van der Waals surface area (Å²) < 4.78 is 33.2. The predicted octanol–water partition coefficient (Wildman–Crippen LogP) is 4.79. The minimum Gasteiger partial charge on any atom is -0.438 e. The molecule has 0 saturated heterocycles. The topological polar surface area (TPSA) is 102 Å². The van der Waals surface area contributed by atoms with E-state index in [0.29, 0.717) is 16.4 Å². The standard InChI is InChI=1S/C24H16ClN3O4S/c1-16-5-9-18(10-6-16)32-23-21(24(29)28-13-3-2-4-22(28)27-23)14-20(15-26)33(30,31)19-11-7-17(25)8-12-19/h2-14H,1H3/b20-14-. The second-order valence-electron chi connectivity index (χ2n) is 7.06. The fourth-order valence-electron chi connectivity index (χ4n) is 3.04. The van der Waals surface area contributed by atoms with Crippen LogP contribution in [0.5, 0.6) is 11.6 Å². The highest BCUT2D eigenvalue weighted by molar-refractivity contribution is 7.95. The molecule has 4 rings (SSSR count). The van der Waals surface area contributed by atoms with E-state index in [9.17, 15) is 18.5 Å². The molecule has 2 aromatic heterocycles. The number of hydrogen-bond donors (Lipinski definition) is 0. The molecule has 0 N–H and O–H groups in total. The van der Waals surface area contributed by atoms with Gasteiger partial charge >= 0.3 is 0 Å². The van der Waals surface area contributed by atoms with Crippen molar-refractivity contribution >= 4 is 33.2 Å². The zero-order chi connectivity index (χ0) is 23.6. The van der Waals surface area contributed by atoms with E-state index in [1.54, 1.807) is 36.4 Å². The molecule has 0 radical (unpaired) electrons. The third-order valence-electron chi connectivity index (χ3n) is 4.77. The highest BCUT2D eigenvalue weighted by atomic mass is 35.5. The SMILES string of the molecule is Cc1ccc(Oc2nc3ccccn3c(=O)c2/C=C(/C#N)S(=O)(=O)c2ccc(Cl)cc2)cc1. The molecule has 0 bridgehead atoms. The zero-order valence-corrected chi connectivity index (χ0v) is 18.8. The number of pyridine rings is 1. The molecule has 164 valence electrons. The Bertz CT molecular complexity index is 1580. The molecule has 2 heterocycles. The first-order chi connectivity index (χ1) is 15.8. The summed E-state index contributed by atoms with van der Waals surface area (Å²) in [5.41, 5.74) is 0.561. The van der Waals surface area contributed by atoms with Crippen molar-refractivity contribution in [3.63, 3.8) is 0 Å².